The summed E-state index contributed by atoms with van der Waals surface area (Å²) >= 11 is 0. The van der Waals surface area contributed by atoms with Crippen LogP contribution in [0.4, 0.5) is 5.69 Å². The van der Waals surface area contributed by atoms with Gasteiger partial charge in [-0.05, 0) is 51.1 Å². The van der Waals surface area contributed by atoms with Gasteiger partial charge in [0.2, 0.25) is 5.91 Å². The fourth-order valence-corrected chi connectivity index (χ4v) is 1.66. The lowest BCUT2D eigenvalue weighted by Crippen LogP contribution is -2.32. The third-order valence-corrected chi connectivity index (χ3v) is 2.87. The quantitative estimate of drug-likeness (QED) is 0.830. The van der Waals surface area contributed by atoms with Crippen LogP contribution < -0.4 is 15.8 Å². The van der Waals surface area contributed by atoms with Gasteiger partial charge in [-0.1, -0.05) is 13.8 Å². The fraction of sp³-hybridized carbons (Fsp3) is 0.533. The molecule has 1 aromatic rings. The average Bonchev–Trinajstić information content (AvgIpc) is 2.30. The Morgan fingerprint density at radius 1 is 1.32 bits per heavy atom. The van der Waals surface area contributed by atoms with Crippen LogP contribution in [-0.2, 0) is 4.79 Å². The molecule has 1 aromatic carbocycles. The smallest absolute Gasteiger partial charge is 0.230 e. The van der Waals surface area contributed by atoms with Gasteiger partial charge < -0.3 is 15.8 Å². The maximum Gasteiger partial charge on any atom is 0.230 e. The van der Waals surface area contributed by atoms with Crippen molar-refractivity contribution in [2.24, 2.45) is 11.1 Å². The van der Waals surface area contributed by atoms with Gasteiger partial charge in [0.1, 0.15) is 5.75 Å². The van der Waals surface area contributed by atoms with Gasteiger partial charge in [-0.3, -0.25) is 4.79 Å². The average molecular weight is 264 g/mol. The molecule has 4 nitrogen and oxygen atoms in total. The Balaban J connectivity index is 2.65. The molecule has 1 rings (SSSR count). The topological polar surface area (TPSA) is 64.3 Å². The van der Waals surface area contributed by atoms with Gasteiger partial charge in [-0.25, -0.2) is 0 Å². The van der Waals surface area contributed by atoms with E-state index in [0.29, 0.717) is 13.0 Å². The summed E-state index contributed by atoms with van der Waals surface area (Å²) in [6, 6.07) is 7.39. The van der Waals surface area contributed by atoms with E-state index in [1.54, 1.807) is 0 Å². The maximum atomic E-state index is 12.1. The number of nitrogens with two attached hydrogens (primary N) is 1. The van der Waals surface area contributed by atoms with Crippen LogP contribution >= 0.6 is 0 Å². The maximum absolute atomic E-state index is 12.1. The van der Waals surface area contributed by atoms with Crippen molar-refractivity contribution in [1.29, 1.82) is 0 Å². The van der Waals surface area contributed by atoms with E-state index in [2.05, 4.69) is 5.32 Å². The predicted molar refractivity (Wildman–Crippen MR) is 78.3 cm³/mol. The molecule has 19 heavy (non-hydrogen) atoms. The second-order valence-electron chi connectivity index (χ2n) is 5.57. The Morgan fingerprint density at radius 3 is 2.37 bits per heavy atom. The lowest BCUT2D eigenvalue weighted by atomic mass is 9.88. The second-order valence-corrected chi connectivity index (χ2v) is 5.57. The van der Waals surface area contributed by atoms with Crippen molar-refractivity contribution in [3.63, 3.8) is 0 Å². The molecule has 0 fully saturated rings. The van der Waals surface area contributed by atoms with Crippen LogP contribution in [-0.4, -0.2) is 18.6 Å². The minimum atomic E-state index is -0.456. The van der Waals surface area contributed by atoms with E-state index in [1.165, 1.54) is 0 Å². The molecule has 0 bridgehead atoms. The summed E-state index contributed by atoms with van der Waals surface area (Å²) in [4.78, 5) is 12.1. The zero-order valence-electron chi connectivity index (χ0n) is 12.2. The molecule has 1 amide bonds. The van der Waals surface area contributed by atoms with Crippen LogP contribution in [0.1, 0.15) is 34.1 Å². The van der Waals surface area contributed by atoms with Crippen LogP contribution in [0.25, 0.3) is 0 Å². The van der Waals surface area contributed by atoms with Crippen LogP contribution in [0.2, 0.25) is 0 Å². The normalized spacial score (nSPS) is 11.5. The van der Waals surface area contributed by atoms with E-state index in [4.69, 9.17) is 10.5 Å². The van der Waals surface area contributed by atoms with E-state index in [0.717, 1.165) is 11.4 Å². The molecule has 0 saturated heterocycles. The minimum Gasteiger partial charge on any atom is -0.491 e. The van der Waals surface area contributed by atoms with Crippen LogP contribution in [0.5, 0.6) is 5.75 Å². The van der Waals surface area contributed by atoms with E-state index in [1.807, 2.05) is 52.0 Å². The van der Waals surface area contributed by atoms with Crippen LogP contribution in [0.15, 0.2) is 24.3 Å². The highest BCUT2D eigenvalue weighted by atomic mass is 16.5. The van der Waals surface area contributed by atoms with Gasteiger partial charge in [0.05, 0.1) is 6.10 Å². The van der Waals surface area contributed by atoms with E-state index >= 15 is 0 Å². The highest BCUT2D eigenvalue weighted by Crippen LogP contribution is 2.23. The predicted octanol–water partition coefficient (Wildman–Crippen LogP) is 2.79. The molecule has 0 radical (unpaired) electrons. The summed E-state index contributed by atoms with van der Waals surface area (Å²) in [7, 11) is 0. The zero-order valence-corrected chi connectivity index (χ0v) is 12.2. The van der Waals surface area contributed by atoms with Crippen molar-refractivity contribution in [1.82, 2.24) is 0 Å². The monoisotopic (exact) mass is 264 g/mol. The summed E-state index contributed by atoms with van der Waals surface area (Å²) in [5.74, 6) is 0.782. The van der Waals surface area contributed by atoms with Gasteiger partial charge in [0.25, 0.3) is 0 Å². The Bertz CT molecular complexity index is 411. The second kappa shape index (κ2) is 6.57. The number of ether oxygens (including phenoxy) is 1. The highest BCUT2D eigenvalue weighted by Gasteiger charge is 2.26. The number of benzene rings is 1. The first-order valence-corrected chi connectivity index (χ1v) is 6.63. The van der Waals surface area contributed by atoms with Crippen LogP contribution in [0, 0.1) is 5.41 Å². The molecular formula is C15H24N2O2. The lowest BCUT2D eigenvalue weighted by molar-refractivity contribution is -0.124. The Morgan fingerprint density at radius 2 is 1.89 bits per heavy atom. The third-order valence-electron chi connectivity index (χ3n) is 2.87. The molecule has 106 valence electrons. The summed E-state index contributed by atoms with van der Waals surface area (Å²) in [6.07, 6.45) is 0.803. The van der Waals surface area contributed by atoms with E-state index in [-0.39, 0.29) is 12.0 Å². The zero-order chi connectivity index (χ0) is 14.5. The standard InChI is InChI=1S/C15H24N2O2/c1-11(2)19-13-7-5-12(6-8-13)17-14(18)15(3,4)9-10-16/h5-8,11H,9-10,16H2,1-4H3,(H,17,18). The van der Waals surface area contributed by atoms with Crippen molar-refractivity contribution in [3.8, 4) is 5.75 Å². The van der Waals surface area contributed by atoms with Gasteiger partial charge in [-0.15, -0.1) is 0 Å². The molecule has 0 aliphatic carbocycles. The number of rotatable bonds is 6. The molecule has 0 heterocycles. The van der Waals surface area contributed by atoms with Crippen LogP contribution in [0.3, 0.4) is 0 Å². The molecular weight excluding hydrogens is 240 g/mol. The summed E-state index contributed by atoms with van der Waals surface area (Å²) in [5.41, 5.74) is 5.83. The number of nitrogens with one attached hydrogen (secondary N) is 1. The van der Waals surface area contributed by atoms with Crippen molar-refractivity contribution in [2.45, 2.75) is 40.2 Å². The third kappa shape index (κ3) is 4.91. The number of anilines is 1. The SMILES string of the molecule is CC(C)Oc1ccc(NC(=O)C(C)(C)CCN)cc1. The number of hydrogen-bond donors (Lipinski definition) is 2. The minimum absolute atomic E-state index is 0.0181. The van der Waals surface area contributed by atoms with Crippen molar-refractivity contribution in [2.75, 3.05) is 11.9 Å². The summed E-state index contributed by atoms with van der Waals surface area (Å²) in [6.45, 7) is 8.24. The molecule has 4 heteroatoms. The number of amides is 1. The van der Waals surface area contributed by atoms with E-state index < -0.39 is 5.41 Å². The van der Waals surface area contributed by atoms with Gasteiger partial charge in [-0.2, -0.15) is 0 Å². The molecule has 3 N–H and O–H groups in total. The molecule has 0 spiro atoms. The molecule has 0 aromatic heterocycles. The van der Waals surface area contributed by atoms with Gasteiger partial charge >= 0.3 is 0 Å². The first kappa shape index (κ1) is 15.5. The first-order chi connectivity index (χ1) is 8.85. The largest absolute Gasteiger partial charge is 0.491 e. The number of carbonyl (C=O) groups excluding carboxylic acids is 1. The molecule has 0 aliphatic heterocycles. The van der Waals surface area contributed by atoms with E-state index in [9.17, 15) is 4.79 Å². The van der Waals surface area contributed by atoms with Gasteiger partial charge in [0.15, 0.2) is 0 Å². The molecule has 0 atom stereocenters. The highest BCUT2D eigenvalue weighted by molar-refractivity contribution is 5.94. The summed E-state index contributed by atoms with van der Waals surface area (Å²) in [5, 5.41) is 2.90. The van der Waals surface area contributed by atoms with Gasteiger partial charge in [0, 0.05) is 11.1 Å². The number of hydrogen-bond acceptors (Lipinski definition) is 3. The molecule has 0 unspecified atom stereocenters. The first-order valence-electron chi connectivity index (χ1n) is 6.63. The Hall–Kier alpha value is -1.55. The Labute approximate surface area is 115 Å². The molecule has 0 saturated carbocycles. The van der Waals surface area contributed by atoms with Crippen molar-refractivity contribution < 1.29 is 9.53 Å². The lowest BCUT2D eigenvalue weighted by Gasteiger charge is -2.22. The van der Waals surface area contributed by atoms with Crippen molar-refractivity contribution in [3.05, 3.63) is 24.3 Å². The Kier molecular flexibility index (Phi) is 5.36. The van der Waals surface area contributed by atoms with Crippen molar-refractivity contribution >= 4 is 11.6 Å². The molecule has 0 aliphatic rings. The number of carbonyl (C=O) groups is 1. The summed E-state index contributed by atoms with van der Waals surface area (Å²) < 4.78 is 5.55. The fourth-order valence-electron chi connectivity index (χ4n) is 1.66.